The van der Waals surface area contributed by atoms with Crippen LogP contribution < -0.4 is 21.0 Å². The summed E-state index contributed by atoms with van der Waals surface area (Å²) in [7, 11) is -3.17. The lowest BCUT2D eigenvalue weighted by molar-refractivity contribution is -0.123. The van der Waals surface area contributed by atoms with Crippen molar-refractivity contribution in [2.75, 3.05) is 6.61 Å². The van der Waals surface area contributed by atoms with Crippen LogP contribution in [0.15, 0.2) is 91.0 Å². The van der Waals surface area contributed by atoms with Crippen LogP contribution in [0, 0.1) is 11.8 Å². The van der Waals surface area contributed by atoms with Gasteiger partial charge in [0.25, 0.3) is 0 Å². The van der Waals surface area contributed by atoms with Gasteiger partial charge in [-0.25, -0.2) is 0 Å². The van der Waals surface area contributed by atoms with Gasteiger partial charge in [-0.15, -0.1) is 0 Å². The number of hydrogen-bond acceptors (Lipinski definition) is 3. The van der Waals surface area contributed by atoms with Gasteiger partial charge in [-0.2, -0.15) is 0 Å². The van der Waals surface area contributed by atoms with Crippen molar-refractivity contribution in [3.05, 3.63) is 96.6 Å². The van der Waals surface area contributed by atoms with Crippen molar-refractivity contribution in [1.29, 1.82) is 0 Å². The molecule has 0 bridgehead atoms. The summed E-state index contributed by atoms with van der Waals surface area (Å²) in [6, 6.07) is 28.4. The highest BCUT2D eigenvalue weighted by Crippen LogP contribution is 2.52. The SMILES string of the molecule is C[C@H](CO)NC(=O)[C@@H]1C[C@@H]1[C@@H](NP(=O)(c1ccccc1)c1ccccc1)c1ccccc1. The molecule has 1 aliphatic rings. The maximum Gasteiger partial charge on any atom is 0.223 e. The van der Waals surface area contributed by atoms with Crippen molar-refractivity contribution in [3.63, 3.8) is 0 Å². The number of hydrogen-bond donors (Lipinski definition) is 3. The maximum atomic E-state index is 14.6. The average molecular weight is 449 g/mol. The fraction of sp³-hybridized carbons (Fsp3) is 0.269. The van der Waals surface area contributed by atoms with E-state index in [2.05, 4.69) is 10.4 Å². The summed E-state index contributed by atoms with van der Waals surface area (Å²) in [5.74, 6) is -0.223. The van der Waals surface area contributed by atoms with Crippen LogP contribution in [0.1, 0.15) is 24.9 Å². The fourth-order valence-electron chi connectivity index (χ4n) is 4.13. The van der Waals surface area contributed by atoms with Crippen LogP contribution in [0.5, 0.6) is 0 Å². The standard InChI is InChI=1S/C26H29N2O3P/c1-19(18-29)27-26(30)24-17-23(24)25(20-11-5-2-6-12-20)28-32(31,21-13-7-3-8-14-21)22-15-9-4-10-16-22/h2-16,19,23-25,29H,17-18H2,1H3,(H,27,30)(H,28,31)/t19-,23+,24-,25+/m1/s1. The number of carbonyl (C=O) groups excluding carboxylic acids is 1. The molecule has 0 aliphatic heterocycles. The average Bonchev–Trinajstić information content (AvgIpc) is 3.65. The van der Waals surface area contributed by atoms with E-state index in [0.717, 1.165) is 16.2 Å². The first-order chi connectivity index (χ1) is 15.5. The lowest BCUT2D eigenvalue weighted by Gasteiger charge is -2.28. The van der Waals surface area contributed by atoms with Gasteiger partial charge >= 0.3 is 0 Å². The summed E-state index contributed by atoms with van der Waals surface area (Å²) in [4.78, 5) is 12.7. The topological polar surface area (TPSA) is 78.4 Å². The molecule has 5 nitrogen and oxygen atoms in total. The van der Waals surface area contributed by atoms with E-state index < -0.39 is 7.29 Å². The second-order valence-electron chi connectivity index (χ2n) is 8.40. The molecule has 1 fully saturated rings. The van der Waals surface area contributed by atoms with Crippen LogP contribution in [0.25, 0.3) is 0 Å². The molecule has 3 aromatic carbocycles. The van der Waals surface area contributed by atoms with Gasteiger partial charge in [0.2, 0.25) is 13.2 Å². The molecule has 4 rings (SSSR count). The minimum absolute atomic E-state index is 0.0176. The Kier molecular flexibility index (Phi) is 6.90. The zero-order valence-electron chi connectivity index (χ0n) is 18.1. The Hall–Kier alpha value is -2.72. The monoisotopic (exact) mass is 448 g/mol. The highest BCUT2D eigenvalue weighted by Gasteiger charge is 2.50. The predicted molar refractivity (Wildman–Crippen MR) is 128 cm³/mol. The summed E-state index contributed by atoms with van der Waals surface area (Å²) in [5.41, 5.74) is 1.01. The zero-order chi connectivity index (χ0) is 22.6. The van der Waals surface area contributed by atoms with E-state index in [9.17, 15) is 14.5 Å². The minimum Gasteiger partial charge on any atom is -0.394 e. The first-order valence-corrected chi connectivity index (χ1v) is 12.7. The van der Waals surface area contributed by atoms with Crippen LogP contribution in [0.3, 0.4) is 0 Å². The molecule has 0 heterocycles. The molecular formula is C26H29N2O3P. The molecule has 4 atom stereocenters. The molecule has 0 spiro atoms. The molecular weight excluding hydrogens is 419 g/mol. The van der Waals surface area contributed by atoms with Crippen LogP contribution in [-0.4, -0.2) is 23.7 Å². The van der Waals surface area contributed by atoms with Crippen molar-refractivity contribution in [2.24, 2.45) is 11.8 Å². The van der Waals surface area contributed by atoms with E-state index in [1.807, 2.05) is 91.0 Å². The van der Waals surface area contributed by atoms with E-state index in [4.69, 9.17) is 0 Å². The Balaban J connectivity index is 1.69. The Morgan fingerprint density at radius 2 is 1.44 bits per heavy atom. The molecule has 32 heavy (non-hydrogen) atoms. The van der Waals surface area contributed by atoms with Gasteiger partial charge in [-0.05, 0) is 49.1 Å². The van der Waals surface area contributed by atoms with E-state index in [1.165, 1.54) is 0 Å². The van der Waals surface area contributed by atoms with Gasteiger partial charge in [-0.3, -0.25) is 14.4 Å². The van der Waals surface area contributed by atoms with Crippen LogP contribution in [0.4, 0.5) is 0 Å². The Morgan fingerprint density at radius 3 is 1.94 bits per heavy atom. The third-order valence-corrected chi connectivity index (χ3v) is 8.68. The fourth-order valence-corrected chi connectivity index (χ4v) is 6.64. The molecule has 3 N–H and O–H groups in total. The highest BCUT2D eigenvalue weighted by molar-refractivity contribution is 7.76. The molecule has 6 heteroatoms. The number of amides is 1. The molecule has 0 saturated heterocycles. The summed E-state index contributed by atoms with van der Waals surface area (Å²) < 4.78 is 14.6. The largest absolute Gasteiger partial charge is 0.394 e. The summed E-state index contributed by atoms with van der Waals surface area (Å²) in [6.45, 7) is 1.68. The van der Waals surface area contributed by atoms with Gasteiger partial charge in [0.05, 0.1) is 6.61 Å². The lowest BCUT2D eigenvalue weighted by atomic mass is 10.0. The van der Waals surface area contributed by atoms with E-state index >= 15 is 0 Å². The van der Waals surface area contributed by atoms with Crippen molar-refractivity contribution in [2.45, 2.75) is 25.4 Å². The lowest BCUT2D eigenvalue weighted by Crippen LogP contribution is -2.37. The van der Waals surface area contributed by atoms with Crippen molar-refractivity contribution in [1.82, 2.24) is 10.4 Å². The molecule has 1 saturated carbocycles. The Bertz CT molecular complexity index is 1030. The van der Waals surface area contributed by atoms with E-state index in [-0.39, 0.29) is 36.4 Å². The minimum atomic E-state index is -3.17. The van der Waals surface area contributed by atoms with Crippen molar-refractivity contribution in [3.8, 4) is 0 Å². The smallest absolute Gasteiger partial charge is 0.223 e. The van der Waals surface area contributed by atoms with Gasteiger partial charge in [0.1, 0.15) is 0 Å². The van der Waals surface area contributed by atoms with Gasteiger partial charge in [-0.1, -0.05) is 66.7 Å². The number of rotatable bonds is 9. The second-order valence-corrected chi connectivity index (χ2v) is 10.9. The van der Waals surface area contributed by atoms with Gasteiger partial charge in [0, 0.05) is 28.6 Å². The predicted octanol–water partition coefficient (Wildman–Crippen LogP) is 3.38. The number of aliphatic hydroxyl groups is 1. The van der Waals surface area contributed by atoms with E-state index in [1.54, 1.807) is 6.92 Å². The van der Waals surface area contributed by atoms with Crippen LogP contribution in [0.2, 0.25) is 0 Å². The molecule has 3 aromatic rings. The Labute approximate surface area is 189 Å². The van der Waals surface area contributed by atoms with Crippen LogP contribution in [-0.2, 0) is 9.36 Å². The van der Waals surface area contributed by atoms with E-state index in [0.29, 0.717) is 6.42 Å². The summed E-state index contributed by atoms with van der Waals surface area (Å²) in [5, 5.41) is 17.1. The molecule has 166 valence electrons. The van der Waals surface area contributed by atoms with Gasteiger partial charge in [0.15, 0.2) is 0 Å². The Morgan fingerprint density at radius 1 is 0.938 bits per heavy atom. The number of carbonyl (C=O) groups is 1. The number of benzene rings is 3. The highest BCUT2D eigenvalue weighted by atomic mass is 31.2. The normalized spacial score (nSPS) is 19.7. The third-order valence-electron chi connectivity index (χ3n) is 5.99. The zero-order valence-corrected chi connectivity index (χ0v) is 19.0. The van der Waals surface area contributed by atoms with Gasteiger partial charge < -0.3 is 10.4 Å². The van der Waals surface area contributed by atoms with Crippen LogP contribution >= 0.6 is 7.29 Å². The maximum absolute atomic E-state index is 14.6. The molecule has 0 radical (unpaired) electrons. The third kappa shape index (κ3) is 4.86. The number of aliphatic hydroxyl groups excluding tert-OH is 1. The van der Waals surface area contributed by atoms with Crippen molar-refractivity contribution >= 4 is 23.8 Å². The molecule has 0 unspecified atom stereocenters. The summed E-state index contributed by atoms with van der Waals surface area (Å²) in [6.07, 6.45) is 0.708. The van der Waals surface area contributed by atoms with Crippen molar-refractivity contribution < 1.29 is 14.5 Å². The quantitative estimate of drug-likeness (QED) is 0.439. The first-order valence-electron chi connectivity index (χ1n) is 11.0. The second kappa shape index (κ2) is 9.83. The number of nitrogens with one attached hydrogen (secondary N) is 2. The first kappa shape index (κ1) is 22.5. The molecule has 0 aromatic heterocycles. The summed E-state index contributed by atoms with van der Waals surface area (Å²) >= 11 is 0. The molecule has 1 aliphatic carbocycles. The molecule has 1 amide bonds.